The monoisotopic (exact) mass is 254 g/mol. The second-order valence-electron chi connectivity index (χ2n) is 4.61. The minimum absolute atomic E-state index is 0.337. The fourth-order valence-corrected chi connectivity index (χ4v) is 3.01. The zero-order valence-corrected chi connectivity index (χ0v) is 10.8. The second-order valence-corrected chi connectivity index (χ2v) is 5.87. The van der Waals surface area contributed by atoms with Crippen LogP contribution in [0.2, 0.25) is 0 Å². The summed E-state index contributed by atoms with van der Waals surface area (Å²) in [5.41, 5.74) is 7.00. The molecule has 1 aromatic heterocycles. The number of carboxylic acid groups (broad SMARTS) is 1. The molecule has 2 heterocycles. The molecule has 0 amide bonds. The summed E-state index contributed by atoms with van der Waals surface area (Å²) < 4.78 is 0. The number of rotatable bonds is 3. The number of hydrogen-bond acceptors (Lipinski definition) is 4. The predicted octanol–water partition coefficient (Wildman–Crippen LogP) is 1.68. The summed E-state index contributed by atoms with van der Waals surface area (Å²) in [4.78, 5) is 14.8. The van der Waals surface area contributed by atoms with E-state index in [2.05, 4.69) is 4.90 Å². The zero-order valence-electron chi connectivity index (χ0n) is 9.98. The number of likely N-dealkylation sites (tertiary alicyclic amines) is 1. The lowest BCUT2D eigenvalue weighted by molar-refractivity contribution is 0.0702. The minimum atomic E-state index is -0.829. The van der Waals surface area contributed by atoms with Crippen LogP contribution in [0, 0.1) is 6.92 Å². The van der Waals surface area contributed by atoms with Gasteiger partial charge in [-0.25, -0.2) is 4.79 Å². The molecule has 0 unspecified atom stereocenters. The molecular weight excluding hydrogens is 236 g/mol. The number of piperidine rings is 1. The van der Waals surface area contributed by atoms with Crippen molar-refractivity contribution in [1.29, 1.82) is 0 Å². The molecule has 0 spiro atoms. The summed E-state index contributed by atoms with van der Waals surface area (Å²) in [6, 6.07) is 2.14. The molecule has 0 aromatic carbocycles. The van der Waals surface area contributed by atoms with Gasteiger partial charge in [-0.3, -0.25) is 4.90 Å². The number of thiophene rings is 1. The highest BCUT2D eigenvalue weighted by atomic mass is 32.1. The molecule has 0 radical (unpaired) electrons. The maximum atomic E-state index is 10.9. The molecule has 0 bridgehead atoms. The van der Waals surface area contributed by atoms with Gasteiger partial charge in [-0.15, -0.1) is 11.3 Å². The summed E-state index contributed by atoms with van der Waals surface area (Å²) in [6.45, 7) is 4.86. The van der Waals surface area contributed by atoms with E-state index in [1.807, 2.05) is 6.92 Å². The van der Waals surface area contributed by atoms with Crippen molar-refractivity contribution in [1.82, 2.24) is 4.90 Å². The maximum absolute atomic E-state index is 10.9. The first-order valence-corrected chi connectivity index (χ1v) is 6.68. The zero-order chi connectivity index (χ0) is 12.4. The van der Waals surface area contributed by atoms with E-state index in [0.29, 0.717) is 10.9 Å². The number of nitrogens with two attached hydrogens (primary N) is 1. The highest BCUT2D eigenvalue weighted by Crippen LogP contribution is 2.24. The maximum Gasteiger partial charge on any atom is 0.345 e. The quantitative estimate of drug-likeness (QED) is 0.861. The number of aromatic carboxylic acids is 1. The standard InChI is InChI=1S/C12H18N2O2S/c1-8-9(6-11(17-8)12(15)16)7-14-4-2-10(13)3-5-14/h6,10H,2-5,7,13H2,1H3,(H,15,16). The first-order chi connectivity index (χ1) is 8.06. The lowest BCUT2D eigenvalue weighted by Crippen LogP contribution is -2.39. The van der Waals surface area contributed by atoms with Crippen LogP contribution in [-0.4, -0.2) is 35.1 Å². The van der Waals surface area contributed by atoms with E-state index >= 15 is 0 Å². The van der Waals surface area contributed by atoms with Crippen molar-refractivity contribution in [2.24, 2.45) is 5.73 Å². The van der Waals surface area contributed by atoms with Crippen molar-refractivity contribution in [3.63, 3.8) is 0 Å². The van der Waals surface area contributed by atoms with Gasteiger partial charge in [0.1, 0.15) is 4.88 Å². The molecular formula is C12H18N2O2S. The van der Waals surface area contributed by atoms with Crippen LogP contribution in [0.4, 0.5) is 0 Å². The van der Waals surface area contributed by atoms with E-state index < -0.39 is 5.97 Å². The number of carboxylic acids is 1. The van der Waals surface area contributed by atoms with Gasteiger partial charge in [-0.2, -0.15) is 0 Å². The summed E-state index contributed by atoms with van der Waals surface area (Å²) in [5.74, 6) is -0.829. The molecule has 2 rings (SSSR count). The van der Waals surface area contributed by atoms with Gasteiger partial charge in [-0.05, 0) is 44.5 Å². The van der Waals surface area contributed by atoms with Gasteiger partial charge in [0, 0.05) is 17.5 Å². The topological polar surface area (TPSA) is 66.6 Å². The number of carbonyl (C=O) groups is 1. The summed E-state index contributed by atoms with van der Waals surface area (Å²) in [7, 11) is 0. The van der Waals surface area contributed by atoms with E-state index in [-0.39, 0.29) is 0 Å². The Balaban J connectivity index is 2.01. The van der Waals surface area contributed by atoms with Gasteiger partial charge in [0.05, 0.1) is 0 Å². The lowest BCUT2D eigenvalue weighted by atomic mass is 10.1. The van der Waals surface area contributed by atoms with Gasteiger partial charge in [-0.1, -0.05) is 0 Å². The first kappa shape index (κ1) is 12.5. The second kappa shape index (κ2) is 5.16. The molecule has 1 aromatic rings. The van der Waals surface area contributed by atoms with Crippen LogP contribution in [0.5, 0.6) is 0 Å². The summed E-state index contributed by atoms with van der Waals surface area (Å²) in [5, 5.41) is 8.94. The molecule has 1 saturated heterocycles. The van der Waals surface area contributed by atoms with Crippen molar-refractivity contribution >= 4 is 17.3 Å². The molecule has 17 heavy (non-hydrogen) atoms. The van der Waals surface area contributed by atoms with Crippen LogP contribution in [-0.2, 0) is 6.54 Å². The average molecular weight is 254 g/mol. The molecule has 0 saturated carbocycles. The Bertz CT molecular complexity index is 409. The third-order valence-electron chi connectivity index (χ3n) is 3.26. The molecule has 0 atom stereocenters. The Morgan fingerprint density at radius 2 is 2.24 bits per heavy atom. The highest BCUT2D eigenvalue weighted by molar-refractivity contribution is 7.14. The Hall–Kier alpha value is -0.910. The number of hydrogen-bond donors (Lipinski definition) is 2. The fraction of sp³-hybridized carbons (Fsp3) is 0.583. The van der Waals surface area contributed by atoms with Crippen LogP contribution >= 0.6 is 11.3 Å². The molecule has 1 aliphatic heterocycles. The van der Waals surface area contributed by atoms with Crippen molar-refractivity contribution in [3.05, 3.63) is 21.4 Å². The van der Waals surface area contributed by atoms with Gasteiger partial charge < -0.3 is 10.8 Å². The van der Waals surface area contributed by atoms with Crippen LogP contribution in [0.25, 0.3) is 0 Å². The van der Waals surface area contributed by atoms with Gasteiger partial charge in [0.2, 0.25) is 0 Å². The van der Waals surface area contributed by atoms with Gasteiger partial charge in [0.25, 0.3) is 0 Å². The van der Waals surface area contributed by atoms with Crippen LogP contribution in [0.1, 0.15) is 33.0 Å². The molecule has 1 aliphatic rings. The Labute approximate surface area is 105 Å². The van der Waals surface area contributed by atoms with Gasteiger partial charge >= 0.3 is 5.97 Å². The Morgan fingerprint density at radius 3 is 2.76 bits per heavy atom. The average Bonchev–Trinajstić information content (AvgIpc) is 2.64. The first-order valence-electron chi connectivity index (χ1n) is 5.87. The van der Waals surface area contributed by atoms with E-state index in [0.717, 1.165) is 42.9 Å². The fourth-order valence-electron chi connectivity index (χ4n) is 2.13. The third kappa shape index (κ3) is 3.06. The third-order valence-corrected chi connectivity index (χ3v) is 4.34. The summed E-state index contributed by atoms with van der Waals surface area (Å²) >= 11 is 1.36. The van der Waals surface area contributed by atoms with Crippen molar-refractivity contribution in [3.8, 4) is 0 Å². The normalized spacial score (nSPS) is 18.5. The number of aryl methyl sites for hydroxylation is 1. The van der Waals surface area contributed by atoms with Crippen LogP contribution in [0.15, 0.2) is 6.07 Å². The minimum Gasteiger partial charge on any atom is -0.477 e. The van der Waals surface area contributed by atoms with Crippen molar-refractivity contribution < 1.29 is 9.90 Å². The largest absolute Gasteiger partial charge is 0.477 e. The van der Waals surface area contributed by atoms with E-state index in [1.165, 1.54) is 11.3 Å². The molecule has 94 valence electrons. The lowest BCUT2D eigenvalue weighted by Gasteiger charge is -2.29. The molecule has 4 nitrogen and oxygen atoms in total. The molecule has 3 N–H and O–H groups in total. The summed E-state index contributed by atoms with van der Waals surface area (Å²) in [6.07, 6.45) is 2.07. The van der Waals surface area contributed by atoms with E-state index in [4.69, 9.17) is 10.8 Å². The van der Waals surface area contributed by atoms with Crippen LogP contribution in [0.3, 0.4) is 0 Å². The van der Waals surface area contributed by atoms with Crippen molar-refractivity contribution in [2.75, 3.05) is 13.1 Å². The van der Waals surface area contributed by atoms with Crippen molar-refractivity contribution in [2.45, 2.75) is 32.4 Å². The molecule has 5 heteroatoms. The SMILES string of the molecule is Cc1sc(C(=O)O)cc1CN1CCC(N)CC1. The Morgan fingerprint density at radius 1 is 1.59 bits per heavy atom. The molecule has 0 aliphatic carbocycles. The van der Waals surface area contributed by atoms with Crippen LogP contribution < -0.4 is 5.73 Å². The molecule has 1 fully saturated rings. The van der Waals surface area contributed by atoms with E-state index in [9.17, 15) is 4.79 Å². The smallest absolute Gasteiger partial charge is 0.345 e. The van der Waals surface area contributed by atoms with Gasteiger partial charge in [0.15, 0.2) is 0 Å². The van der Waals surface area contributed by atoms with E-state index in [1.54, 1.807) is 6.07 Å². The highest BCUT2D eigenvalue weighted by Gasteiger charge is 2.18. The Kier molecular flexibility index (Phi) is 3.81. The predicted molar refractivity (Wildman–Crippen MR) is 68.5 cm³/mol. The number of nitrogens with zero attached hydrogens (tertiary/aromatic N) is 1.